The van der Waals surface area contributed by atoms with E-state index < -0.39 is 23.7 Å². The fourth-order valence-corrected chi connectivity index (χ4v) is 1.18. The van der Waals surface area contributed by atoms with Crippen LogP contribution >= 0.6 is 0 Å². The average molecular weight is 246 g/mol. The maximum absolute atomic E-state index is 12.2. The Morgan fingerprint density at radius 3 is 2.12 bits per heavy atom. The minimum atomic E-state index is -4.41. The quantitative estimate of drug-likeness (QED) is 0.828. The lowest BCUT2D eigenvalue weighted by atomic mass is 10.1. The molecular weight excluding hydrogens is 237 g/mol. The van der Waals surface area contributed by atoms with E-state index in [0.717, 1.165) is 12.1 Å². The van der Waals surface area contributed by atoms with Gasteiger partial charge in [-0.05, 0) is 17.7 Å². The number of nitrogens with one attached hydrogen (secondary N) is 1. The van der Waals surface area contributed by atoms with Crippen molar-refractivity contribution in [3.8, 4) is 0 Å². The van der Waals surface area contributed by atoms with E-state index in [1.165, 1.54) is 12.1 Å². The first-order valence-electron chi connectivity index (χ1n) is 4.54. The fourth-order valence-electron chi connectivity index (χ4n) is 1.18. The van der Waals surface area contributed by atoms with Gasteiger partial charge in [0, 0.05) is 0 Å². The third-order valence-electron chi connectivity index (χ3n) is 1.91. The van der Waals surface area contributed by atoms with E-state index in [-0.39, 0.29) is 6.42 Å². The Labute approximate surface area is 94.6 Å². The number of hydrogen-bond donors (Lipinski definition) is 2. The summed E-state index contributed by atoms with van der Waals surface area (Å²) in [6, 6.07) is 3.08. The molecule has 1 aromatic carbocycles. The Morgan fingerprint density at radius 1 is 1.18 bits per heavy atom. The Hall–Kier alpha value is -2.05. The van der Waals surface area contributed by atoms with Crippen LogP contribution in [0, 0.1) is 0 Å². The van der Waals surface area contributed by atoms with Gasteiger partial charge in [0.2, 0.25) is 5.91 Å². The van der Waals surface area contributed by atoms with Crippen LogP contribution < -0.4 is 11.1 Å². The zero-order valence-electron chi connectivity index (χ0n) is 8.54. The molecule has 0 saturated heterocycles. The number of carbonyl (C=O) groups excluding carboxylic acids is 2. The second-order valence-electron chi connectivity index (χ2n) is 3.28. The standard InChI is InChI=1S/C10H9F3N2O2/c11-10(12,13)7-3-1-6(2-4-7)5-8(16)15-9(14)17/h1-4H,5H2,(H3,14,15,16,17). The van der Waals surface area contributed by atoms with Crippen LogP contribution in [0.5, 0.6) is 0 Å². The zero-order chi connectivity index (χ0) is 13.1. The molecule has 17 heavy (non-hydrogen) atoms. The summed E-state index contributed by atoms with van der Waals surface area (Å²) in [4.78, 5) is 21.4. The normalized spacial score (nSPS) is 11.0. The van der Waals surface area contributed by atoms with Gasteiger partial charge < -0.3 is 5.73 Å². The van der Waals surface area contributed by atoms with Crippen molar-refractivity contribution in [1.29, 1.82) is 0 Å². The molecule has 1 rings (SSSR count). The predicted octanol–water partition coefficient (Wildman–Crippen LogP) is 1.44. The minimum absolute atomic E-state index is 0.207. The maximum Gasteiger partial charge on any atom is 0.416 e. The Kier molecular flexibility index (Phi) is 3.72. The number of rotatable bonds is 2. The monoisotopic (exact) mass is 246 g/mol. The highest BCUT2D eigenvalue weighted by Gasteiger charge is 2.29. The number of nitrogens with two attached hydrogens (primary N) is 1. The van der Waals surface area contributed by atoms with Gasteiger partial charge in [0.15, 0.2) is 0 Å². The highest BCUT2D eigenvalue weighted by Crippen LogP contribution is 2.29. The molecule has 3 amide bonds. The van der Waals surface area contributed by atoms with E-state index in [1.807, 2.05) is 5.32 Å². The molecule has 0 atom stereocenters. The number of imide groups is 1. The van der Waals surface area contributed by atoms with Crippen LogP contribution in [-0.2, 0) is 17.4 Å². The molecule has 92 valence electrons. The SMILES string of the molecule is NC(=O)NC(=O)Cc1ccc(C(F)(F)F)cc1. The molecular formula is C10H9F3N2O2. The number of urea groups is 1. The Bertz CT molecular complexity index is 426. The number of benzene rings is 1. The van der Waals surface area contributed by atoms with Crippen LogP contribution in [0.25, 0.3) is 0 Å². The van der Waals surface area contributed by atoms with Crippen LogP contribution in [-0.4, -0.2) is 11.9 Å². The van der Waals surface area contributed by atoms with Gasteiger partial charge in [-0.3, -0.25) is 10.1 Å². The summed E-state index contributed by atoms with van der Waals surface area (Å²) in [6.45, 7) is 0. The molecule has 0 fully saturated rings. The van der Waals surface area contributed by atoms with Gasteiger partial charge in [-0.1, -0.05) is 12.1 Å². The van der Waals surface area contributed by atoms with Gasteiger partial charge in [-0.25, -0.2) is 4.79 Å². The smallest absolute Gasteiger partial charge is 0.351 e. The van der Waals surface area contributed by atoms with Gasteiger partial charge in [0.05, 0.1) is 12.0 Å². The summed E-state index contributed by atoms with van der Waals surface area (Å²) in [5, 5.41) is 1.81. The second kappa shape index (κ2) is 4.86. The first kappa shape index (κ1) is 13.0. The van der Waals surface area contributed by atoms with E-state index in [2.05, 4.69) is 0 Å². The van der Waals surface area contributed by atoms with Gasteiger partial charge in [0.25, 0.3) is 0 Å². The summed E-state index contributed by atoms with van der Waals surface area (Å²) in [5.74, 6) is -0.669. The second-order valence-corrected chi connectivity index (χ2v) is 3.28. The average Bonchev–Trinajstić information content (AvgIpc) is 2.15. The number of hydrogen-bond acceptors (Lipinski definition) is 2. The highest BCUT2D eigenvalue weighted by molar-refractivity contribution is 5.94. The molecule has 3 N–H and O–H groups in total. The number of alkyl halides is 3. The summed E-state index contributed by atoms with van der Waals surface area (Å²) < 4.78 is 36.6. The minimum Gasteiger partial charge on any atom is -0.351 e. The van der Waals surface area contributed by atoms with E-state index >= 15 is 0 Å². The Morgan fingerprint density at radius 2 is 1.71 bits per heavy atom. The molecule has 0 aliphatic heterocycles. The molecule has 1 aromatic rings. The highest BCUT2D eigenvalue weighted by atomic mass is 19.4. The summed E-state index contributed by atoms with van der Waals surface area (Å²) in [6.07, 6.45) is -4.62. The molecule has 0 heterocycles. The molecule has 0 aliphatic carbocycles. The first-order valence-corrected chi connectivity index (χ1v) is 4.54. The number of carbonyl (C=O) groups is 2. The summed E-state index contributed by atoms with van der Waals surface area (Å²) >= 11 is 0. The van der Waals surface area contributed by atoms with E-state index in [1.54, 1.807) is 0 Å². The lowest BCUT2D eigenvalue weighted by molar-refractivity contribution is -0.137. The lowest BCUT2D eigenvalue weighted by Crippen LogP contribution is -2.35. The van der Waals surface area contributed by atoms with Crippen LogP contribution in [0.4, 0.5) is 18.0 Å². The molecule has 4 nitrogen and oxygen atoms in total. The van der Waals surface area contributed by atoms with Crippen molar-refractivity contribution < 1.29 is 22.8 Å². The van der Waals surface area contributed by atoms with Crippen molar-refractivity contribution in [1.82, 2.24) is 5.32 Å². The van der Waals surface area contributed by atoms with Gasteiger partial charge in [-0.15, -0.1) is 0 Å². The van der Waals surface area contributed by atoms with Gasteiger partial charge in [0.1, 0.15) is 0 Å². The summed E-state index contributed by atoms with van der Waals surface area (Å²) in [7, 11) is 0. The maximum atomic E-state index is 12.2. The molecule has 7 heteroatoms. The van der Waals surface area contributed by atoms with Crippen LogP contribution in [0.1, 0.15) is 11.1 Å². The molecule has 0 aromatic heterocycles. The number of halogens is 3. The predicted molar refractivity (Wildman–Crippen MR) is 52.9 cm³/mol. The van der Waals surface area contributed by atoms with Crippen LogP contribution in [0.3, 0.4) is 0 Å². The van der Waals surface area contributed by atoms with Crippen molar-refractivity contribution in [2.75, 3.05) is 0 Å². The summed E-state index contributed by atoms with van der Waals surface area (Å²) in [5.41, 5.74) is 4.27. The van der Waals surface area contributed by atoms with Crippen molar-refractivity contribution in [2.24, 2.45) is 5.73 Å². The number of primary amides is 1. The molecule has 0 bridgehead atoms. The molecule has 0 saturated carbocycles. The van der Waals surface area contributed by atoms with E-state index in [4.69, 9.17) is 5.73 Å². The Balaban J connectivity index is 2.69. The first-order chi connectivity index (χ1) is 7.79. The number of amides is 3. The zero-order valence-corrected chi connectivity index (χ0v) is 8.54. The van der Waals surface area contributed by atoms with Crippen molar-refractivity contribution in [3.63, 3.8) is 0 Å². The molecule has 0 aliphatic rings. The van der Waals surface area contributed by atoms with E-state index in [0.29, 0.717) is 5.56 Å². The van der Waals surface area contributed by atoms with Crippen LogP contribution in [0.15, 0.2) is 24.3 Å². The van der Waals surface area contributed by atoms with E-state index in [9.17, 15) is 22.8 Å². The largest absolute Gasteiger partial charge is 0.416 e. The third-order valence-corrected chi connectivity index (χ3v) is 1.91. The van der Waals surface area contributed by atoms with Crippen molar-refractivity contribution >= 4 is 11.9 Å². The van der Waals surface area contributed by atoms with Crippen molar-refractivity contribution in [2.45, 2.75) is 12.6 Å². The lowest BCUT2D eigenvalue weighted by Gasteiger charge is -2.07. The molecule has 0 spiro atoms. The van der Waals surface area contributed by atoms with Crippen LogP contribution in [0.2, 0.25) is 0 Å². The topological polar surface area (TPSA) is 72.2 Å². The van der Waals surface area contributed by atoms with Gasteiger partial charge >= 0.3 is 12.2 Å². The van der Waals surface area contributed by atoms with Gasteiger partial charge in [-0.2, -0.15) is 13.2 Å². The fraction of sp³-hybridized carbons (Fsp3) is 0.200. The van der Waals surface area contributed by atoms with Crippen molar-refractivity contribution in [3.05, 3.63) is 35.4 Å². The molecule has 0 radical (unpaired) electrons. The third kappa shape index (κ3) is 4.13. The molecule has 0 unspecified atom stereocenters.